The number of halogens is 1. The number of nitrogens with one attached hydrogen (secondary N) is 2. The van der Waals surface area contributed by atoms with Crippen LogP contribution in [0, 0.1) is 5.82 Å². The van der Waals surface area contributed by atoms with Gasteiger partial charge in [-0.2, -0.15) is 0 Å². The fourth-order valence-electron chi connectivity index (χ4n) is 4.28. The average molecular weight is 472 g/mol. The molecule has 32 heavy (non-hydrogen) atoms. The van der Waals surface area contributed by atoms with Crippen LogP contribution in [0.3, 0.4) is 0 Å². The molecule has 3 N–H and O–H groups in total. The zero-order chi connectivity index (χ0) is 23.0. The molecular formula is C22H34FN3O5S. The van der Waals surface area contributed by atoms with Crippen molar-refractivity contribution in [1.82, 2.24) is 14.9 Å². The highest BCUT2D eigenvalue weighted by Crippen LogP contribution is 2.22. The summed E-state index contributed by atoms with van der Waals surface area (Å²) in [5.74, 6) is -0.532. The Kier molecular flexibility index (Phi) is 9.42. The van der Waals surface area contributed by atoms with Crippen molar-refractivity contribution in [2.24, 2.45) is 0 Å². The Morgan fingerprint density at radius 3 is 2.56 bits per heavy atom. The van der Waals surface area contributed by atoms with Crippen LogP contribution in [0.1, 0.15) is 44.9 Å². The van der Waals surface area contributed by atoms with E-state index in [4.69, 9.17) is 4.74 Å². The van der Waals surface area contributed by atoms with E-state index < -0.39 is 21.9 Å². The van der Waals surface area contributed by atoms with Crippen LogP contribution in [0.15, 0.2) is 29.2 Å². The molecule has 1 amide bonds. The third-order valence-corrected chi connectivity index (χ3v) is 7.61. The Hall–Kier alpha value is -1.59. The topological polar surface area (TPSA) is 108 Å². The summed E-state index contributed by atoms with van der Waals surface area (Å²) in [4.78, 5) is 14.7. The van der Waals surface area contributed by atoms with Crippen molar-refractivity contribution in [3.05, 3.63) is 30.1 Å². The van der Waals surface area contributed by atoms with Crippen LogP contribution in [0.2, 0.25) is 0 Å². The van der Waals surface area contributed by atoms with E-state index in [1.54, 1.807) is 0 Å². The number of aliphatic hydroxyl groups is 1. The Morgan fingerprint density at radius 1 is 1.16 bits per heavy atom. The van der Waals surface area contributed by atoms with Gasteiger partial charge < -0.3 is 20.1 Å². The molecule has 0 radical (unpaired) electrons. The number of rotatable bonds is 10. The largest absolute Gasteiger partial charge is 0.394 e. The minimum Gasteiger partial charge on any atom is -0.394 e. The standard InChI is InChI=1S/C22H34FN3O5S/c23-17-4-7-19(8-5-17)32(29,30)24-12-10-18-6-9-20(21(16-27)31-18)25-22(28)11-15-26-13-2-1-3-14-26/h4-5,7-8,18,20-21,24,27H,1-3,6,9-16H2,(H,25,28)/t18-,20-,21+/m0/s1. The van der Waals surface area contributed by atoms with Gasteiger partial charge in [0.1, 0.15) is 11.9 Å². The molecule has 10 heteroatoms. The molecule has 2 saturated heterocycles. The molecule has 1 aromatic rings. The number of amides is 1. The van der Waals surface area contributed by atoms with Crippen LogP contribution in [0.4, 0.5) is 4.39 Å². The van der Waals surface area contributed by atoms with E-state index in [1.807, 2.05) is 0 Å². The normalized spacial score (nSPS) is 24.9. The van der Waals surface area contributed by atoms with Crippen molar-refractivity contribution in [1.29, 1.82) is 0 Å². The van der Waals surface area contributed by atoms with E-state index in [9.17, 15) is 22.7 Å². The number of benzene rings is 1. The fraction of sp³-hybridized carbons (Fsp3) is 0.682. The smallest absolute Gasteiger partial charge is 0.240 e. The number of hydrogen-bond acceptors (Lipinski definition) is 6. The van der Waals surface area contributed by atoms with Gasteiger partial charge in [-0.3, -0.25) is 4.79 Å². The highest BCUT2D eigenvalue weighted by atomic mass is 32.2. The van der Waals surface area contributed by atoms with Gasteiger partial charge >= 0.3 is 0 Å². The third kappa shape index (κ3) is 7.48. The molecule has 180 valence electrons. The monoisotopic (exact) mass is 471 g/mol. The van der Waals surface area contributed by atoms with Gasteiger partial charge in [-0.25, -0.2) is 17.5 Å². The maximum Gasteiger partial charge on any atom is 0.240 e. The quantitative estimate of drug-likeness (QED) is 0.476. The summed E-state index contributed by atoms with van der Waals surface area (Å²) in [5, 5.41) is 12.7. The molecule has 0 unspecified atom stereocenters. The Balaban J connectivity index is 1.39. The number of ether oxygens (including phenoxy) is 1. The van der Waals surface area contributed by atoms with Gasteiger partial charge in [0.2, 0.25) is 15.9 Å². The molecule has 3 rings (SSSR count). The number of piperidine rings is 1. The van der Waals surface area contributed by atoms with Gasteiger partial charge in [-0.05, 0) is 69.5 Å². The molecule has 2 fully saturated rings. The van der Waals surface area contributed by atoms with Crippen LogP contribution >= 0.6 is 0 Å². The van der Waals surface area contributed by atoms with Crippen molar-refractivity contribution < 1.29 is 27.4 Å². The highest BCUT2D eigenvalue weighted by Gasteiger charge is 2.32. The second-order valence-corrected chi connectivity index (χ2v) is 10.3. The van der Waals surface area contributed by atoms with E-state index in [0.29, 0.717) is 25.7 Å². The number of sulfonamides is 1. The van der Waals surface area contributed by atoms with Gasteiger partial charge in [-0.15, -0.1) is 0 Å². The van der Waals surface area contributed by atoms with Crippen molar-refractivity contribution in [3.63, 3.8) is 0 Å². The number of nitrogens with zero attached hydrogens (tertiary/aromatic N) is 1. The molecule has 3 atom stereocenters. The molecule has 2 heterocycles. The number of carbonyl (C=O) groups excluding carboxylic acids is 1. The molecular weight excluding hydrogens is 437 g/mol. The molecule has 2 aliphatic heterocycles. The van der Waals surface area contributed by atoms with E-state index in [0.717, 1.165) is 31.8 Å². The number of hydrogen-bond donors (Lipinski definition) is 3. The first-order chi connectivity index (χ1) is 15.4. The zero-order valence-electron chi connectivity index (χ0n) is 18.3. The fourth-order valence-corrected chi connectivity index (χ4v) is 5.33. The molecule has 1 aromatic carbocycles. The zero-order valence-corrected chi connectivity index (χ0v) is 19.2. The van der Waals surface area contributed by atoms with Crippen LogP contribution in [0.5, 0.6) is 0 Å². The highest BCUT2D eigenvalue weighted by molar-refractivity contribution is 7.89. The summed E-state index contributed by atoms with van der Waals surface area (Å²) < 4.78 is 46.0. The van der Waals surface area contributed by atoms with Gasteiger partial charge in [0.15, 0.2) is 0 Å². The van der Waals surface area contributed by atoms with Crippen LogP contribution in [-0.4, -0.2) is 75.4 Å². The van der Waals surface area contributed by atoms with Crippen molar-refractivity contribution in [3.8, 4) is 0 Å². The second-order valence-electron chi connectivity index (χ2n) is 8.52. The summed E-state index contributed by atoms with van der Waals surface area (Å²) in [7, 11) is -3.72. The lowest BCUT2D eigenvalue weighted by Gasteiger charge is -2.36. The Morgan fingerprint density at radius 2 is 1.88 bits per heavy atom. The van der Waals surface area contributed by atoms with Gasteiger partial charge in [0.25, 0.3) is 0 Å². The van der Waals surface area contributed by atoms with E-state index in [1.165, 1.54) is 31.4 Å². The molecule has 0 saturated carbocycles. The van der Waals surface area contributed by atoms with Gasteiger partial charge in [-0.1, -0.05) is 6.42 Å². The predicted molar refractivity (Wildman–Crippen MR) is 118 cm³/mol. The van der Waals surface area contributed by atoms with E-state index in [-0.39, 0.29) is 36.1 Å². The summed E-state index contributed by atoms with van der Waals surface area (Å²) in [5.41, 5.74) is 0. The second kappa shape index (κ2) is 12.0. The van der Waals surface area contributed by atoms with Crippen LogP contribution in [-0.2, 0) is 19.6 Å². The first-order valence-electron chi connectivity index (χ1n) is 11.4. The van der Waals surface area contributed by atoms with E-state index >= 15 is 0 Å². The number of likely N-dealkylation sites (tertiary alicyclic amines) is 1. The summed E-state index contributed by atoms with van der Waals surface area (Å²) >= 11 is 0. The summed E-state index contributed by atoms with van der Waals surface area (Å²) in [6.45, 7) is 2.79. The Labute approximate surface area is 189 Å². The predicted octanol–water partition coefficient (Wildman–Crippen LogP) is 1.39. The first kappa shape index (κ1) is 25.0. The van der Waals surface area contributed by atoms with Crippen molar-refractivity contribution in [2.45, 2.75) is 68.1 Å². The molecule has 0 bridgehead atoms. The van der Waals surface area contributed by atoms with Crippen LogP contribution < -0.4 is 10.0 Å². The van der Waals surface area contributed by atoms with Gasteiger partial charge in [0.05, 0.1) is 23.6 Å². The minimum atomic E-state index is -3.72. The molecule has 0 aromatic heterocycles. The number of aliphatic hydroxyl groups excluding tert-OH is 1. The summed E-state index contributed by atoms with van der Waals surface area (Å²) in [6, 6.07) is 4.39. The SMILES string of the molecule is O=C(CCN1CCCCC1)N[C@H]1CC[C@@H](CCNS(=O)(=O)c2ccc(F)cc2)O[C@@H]1CO. The number of carbonyl (C=O) groups is 1. The molecule has 0 aliphatic carbocycles. The lowest BCUT2D eigenvalue weighted by Crippen LogP contribution is -2.51. The molecule has 2 aliphatic rings. The van der Waals surface area contributed by atoms with Gasteiger partial charge in [0, 0.05) is 19.5 Å². The Bertz CT molecular complexity index is 830. The average Bonchev–Trinajstić information content (AvgIpc) is 2.79. The minimum absolute atomic E-state index is 0.00373. The summed E-state index contributed by atoms with van der Waals surface area (Å²) in [6.07, 6.45) is 5.09. The lowest BCUT2D eigenvalue weighted by molar-refractivity contribution is -0.128. The van der Waals surface area contributed by atoms with Crippen molar-refractivity contribution >= 4 is 15.9 Å². The lowest BCUT2D eigenvalue weighted by atomic mass is 9.97. The van der Waals surface area contributed by atoms with Crippen LogP contribution in [0.25, 0.3) is 0 Å². The maximum atomic E-state index is 13.0. The first-order valence-corrected chi connectivity index (χ1v) is 12.9. The van der Waals surface area contributed by atoms with Crippen molar-refractivity contribution in [2.75, 3.05) is 32.8 Å². The molecule has 0 spiro atoms. The third-order valence-electron chi connectivity index (χ3n) is 6.13. The maximum absolute atomic E-state index is 13.0. The molecule has 8 nitrogen and oxygen atoms in total. The van der Waals surface area contributed by atoms with E-state index in [2.05, 4.69) is 14.9 Å².